The van der Waals surface area contributed by atoms with Crippen molar-refractivity contribution in [2.75, 3.05) is 0 Å². The number of benzene rings is 2. The minimum Gasteiger partial charge on any atom is -0.427 e. The molecule has 0 bridgehead atoms. The molecule has 92 valence electrons. The Hall–Kier alpha value is -1.81. The fourth-order valence-electron chi connectivity index (χ4n) is 1.71. The molecule has 0 unspecified atom stereocenters. The van der Waals surface area contributed by atoms with Crippen molar-refractivity contribution in [2.45, 2.75) is 18.7 Å². The smallest absolute Gasteiger partial charge is 0.308 e. The van der Waals surface area contributed by atoms with Gasteiger partial charge in [-0.1, -0.05) is 36.0 Å². The summed E-state index contributed by atoms with van der Waals surface area (Å²) >= 11 is 1.14. The first kappa shape index (κ1) is 12.6. The van der Waals surface area contributed by atoms with E-state index in [4.69, 9.17) is 4.74 Å². The molecule has 18 heavy (non-hydrogen) atoms. The summed E-state index contributed by atoms with van der Waals surface area (Å²) in [5.41, 5.74) is 0. The van der Waals surface area contributed by atoms with Gasteiger partial charge in [0.2, 0.25) is 0 Å². The largest absolute Gasteiger partial charge is 0.427 e. The summed E-state index contributed by atoms with van der Waals surface area (Å²) in [7, 11) is 0. The molecule has 0 aromatic heterocycles. The molecule has 2 aromatic rings. The van der Waals surface area contributed by atoms with Crippen molar-refractivity contribution in [3.8, 4) is 5.75 Å². The predicted octanol–water partition coefficient (Wildman–Crippen LogP) is 3.40. The predicted molar refractivity (Wildman–Crippen MR) is 71.8 cm³/mol. The van der Waals surface area contributed by atoms with E-state index in [1.165, 1.54) is 13.8 Å². The molecule has 0 spiro atoms. The number of hydrogen-bond donors (Lipinski definition) is 0. The van der Waals surface area contributed by atoms with Crippen LogP contribution >= 0.6 is 11.8 Å². The third-order valence-corrected chi connectivity index (χ3v) is 3.16. The maximum absolute atomic E-state index is 11.2. The average molecular weight is 260 g/mol. The second-order valence-electron chi connectivity index (χ2n) is 3.83. The first-order chi connectivity index (χ1) is 8.56. The van der Waals surface area contributed by atoms with Gasteiger partial charge in [0.05, 0.1) is 0 Å². The van der Waals surface area contributed by atoms with E-state index in [1.807, 2.05) is 24.3 Å². The van der Waals surface area contributed by atoms with Crippen LogP contribution in [0.2, 0.25) is 0 Å². The van der Waals surface area contributed by atoms with Crippen LogP contribution in [0, 0.1) is 0 Å². The lowest BCUT2D eigenvalue weighted by atomic mass is 10.1. The summed E-state index contributed by atoms with van der Waals surface area (Å²) in [5, 5.41) is 1.92. The van der Waals surface area contributed by atoms with Gasteiger partial charge in [0.15, 0.2) is 5.12 Å². The minimum atomic E-state index is -0.371. The van der Waals surface area contributed by atoms with Gasteiger partial charge in [-0.3, -0.25) is 9.59 Å². The highest BCUT2D eigenvalue weighted by molar-refractivity contribution is 8.13. The maximum Gasteiger partial charge on any atom is 0.308 e. The molecule has 0 N–H and O–H groups in total. The molecule has 0 fully saturated rings. The van der Waals surface area contributed by atoms with Gasteiger partial charge in [-0.25, -0.2) is 0 Å². The lowest BCUT2D eigenvalue weighted by Crippen LogP contribution is -2.01. The summed E-state index contributed by atoms with van der Waals surface area (Å²) < 4.78 is 5.08. The Morgan fingerprint density at radius 1 is 1.11 bits per heavy atom. The Morgan fingerprint density at radius 2 is 1.83 bits per heavy atom. The van der Waals surface area contributed by atoms with Crippen molar-refractivity contribution in [1.82, 2.24) is 0 Å². The molecule has 0 aliphatic carbocycles. The quantitative estimate of drug-likeness (QED) is 0.471. The fourth-order valence-corrected chi connectivity index (χ4v) is 2.49. The summed E-state index contributed by atoms with van der Waals surface area (Å²) in [4.78, 5) is 23.0. The molecule has 0 atom stereocenters. The highest BCUT2D eigenvalue weighted by Crippen LogP contribution is 2.32. The number of rotatable bonds is 2. The molecule has 0 aliphatic heterocycles. The van der Waals surface area contributed by atoms with Crippen molar-refractivity contribution in [3.05, 3.63) is 36.4 Å². The molecule has 0 aliphatic rings. The number of hydrogen-bond acceptors (Lipinski definition) is 4. The number of carbonyl (C=O) groups is 2. The van der Waals surface area contributed by atoms with Crippen LogP contribution in [0.5, 0.6) is 5.75 Å². The van der Waals surface area contributed by atoms with Gasteiger partial charge in [0.1, 0.15) is 5.75 Å². The molecule has 0 amide bonds. The molecule has 0 saturated carbocycles. The van der Waals surface area contributed by atoms with Crippen molar-refractivity contribution in [1.29, 1.82) is 0 Å². The number of thioether (sulfide) groups is 1. The molecular weight excluding hydrogens is 248 g/mol. The summed E-state index contributed by atoms with van der Waals surface area (Å²) in [5.74, 6) is 0.0917. The van der Waals surface area contributed by atoms with Gasteiger partial charge in [-0.15, -0.1) is 0 Å². The number of fused-ring (bicyclic) bond motifs is 1. The van der Waals surface area contributed by atoms with Crippen molar-refractivity contribution >= 4 is 33.6 Å². The normalized spacial score (nSPS) is 10.3. The van der Waals surface area contributed by atoms with Crippen LogP contribution in [-0.4, -0.2) is 11.1 Å². The van der Waals surface area contributed by atoms with Crippen LogP contribution in [0.15, 0.2) is 41.3 Å². The number of ether oxygens (including phenoxy) is 1. The van der Waals surface area contributed by atoms with E-state index in [2.05, 4.69) is 0 Å². The van der Waals surface area contributed by atoms with Crippen LogP contribution in [0.1, 0.15) is 13.8 Å². The monoisotopic (exact) mass is 260 g/mol. The number of esters is 1. The third kappa shape index (κ3) is 2.90. The van der Waals surface area contributed by atoms with Gasteiger partial charge in [0.25, 0.3) is 0 Å². The minimum absolute atomic E-state index is 0.000119. The Bertz CT molecular complexity index is 619. The lowest BCUT2D eigenvalue weighted by molar-refractivity contribution is -0.131. The van der Waals surface area contributed by atoms with E-state index in [1.54, 1.807) is 12.1 Å². The Kier molecular flexibility index (Phi) is 3.67. The van der Waals surface area contributed by atoms with Crippen molar-refractivity contribution < 1.29 is 14.3 Å². The molecule has 0 saturated heterocycles. The average Bonchev–Trinajstić information content (AvgIpc) is 2.27. The van der Waals surface area contributed by atoms with Crippen LogP contribution in [0.4, 0.5) is 0 Å². The Labute approximate surface area is 109 Å². The van der Waals surface area contributed by atoms with E-state index in [9.17, 15) is 9.59 Å². The highest BCUT2D eigenvalue weighted by atomic mass is 32.2. The second kappa shape index (κ2) is 5.23. The summed E-state index contributed by atoms with van der Waals surface area (Å²) in [6.45, 7) is 2.87. The van der Waals surface area contributed by atoms with E-state index >= 15 is 0 Å². The molecule has 0 heterocycles. The van der Waals surface area contributed by atoms with E-state index in [-0.39, 0.29) is 11.1 Å². The van der Waals surface area contributed by atoms with Crippen LogP contribution in [0.3, 0.4) is 0 Å². The van der Waals surface area contributed by atoms with Gasteiger partial charge < -0.3 is 4.74 Å². The van der Waals surface area contributed by atoms with Crippen molar-refractivity contribution in [2.24, 2.45) is 0 Å². The zero-order valence-electron chi connectivity index (χ0n) is 10.1. The fraction of sp³-hybridized carbons (Fsp3) is 0.143. The highest BCUT2D eigenvalue weighted by Gasteiger charge is 2.08. The second-order valence-corrected chi connectivity index (χ2v) is 5.05. The lowest BCUT2D eigenvalue weighted by Gasteiger charge is -2.08. The van der Waals surface area contributed by atoms with Gasteiger partial charge in [-0.05, 0) is 22.9 Å². The van der Waals surface area contributed by atoms with Crippen LogP contribution < -0.4 is 4.74 Å². The molecule has 2 aromatic carbocycles. The zero-order valence-corrected chi connectivity index (χ0v) is 10.9. The first-order valence-corrected chi connectivity index (χ1v) is 6.27. The molecule has 4 heteroatoms. The summed E-state index contributed by atoms with van der Waals surface area (Å²) in [6, 6.07) is 11.2. The SMILES string of the molecule is CC(=O)Oc1cc(SC(C)=O)c2ccccc2c1. The van der Waals surface area contributed by atoms with Crippen LogP contribution in [-0.2, 0) is 9.59 Å². The maximum atomic E-state index is 11.2. The zero-order chi connectivity index (χ0) is 13.1. The molecule has 3 nitrogen and oxygen atoms in total. The van der Waals surface area contributed by atoms with Crippen LogP contribution in [0.25, 0.3) is 10.8 Å². The Balaban J connectivity index is 2.56. The van der Waals surface area contributed by atoms with E-state index < -0.39 is 0 Å². The van der Waals surface area contributed by atoms with Crippen molar-refractivity contribution in [3.63, 3.8) is 0 Å². The Morgan fingerprint density at radius 3 is 2.50 bits per heavy atom. The van der Waals surface area contributed by atoms with E-state index in [0.29, 0.717) is 5.75 Å². The topological polar surface area (TPSA) is 43.4 Å². The molecular formula is C14H12O3S. The summed E-state index contributed by atoms with van der Waals surface area (Å²) in [6.07, 6.45) is 0. The first-order valence-electron chi connectivity index (χ1n) is 5.46. The number of carbonyl (C=O) groups excluding carboxylic acids is 2. The third-order valence-electron chi connectivity index (χ3n) is 2.31. The molecule has 0 radical (unpaired) electrons. The van der Waals surface area contributed by atoms with Gasteiger partial charge >= 0.3 is 5.97 Å². The molecule has 2 rings (SSSR count). The standard InChI is InChI=1S/C14H12O3S/c1-9(15)17-12-7-11-5-3-4-6-13(11)14(8-12)18-10(2)16/h3-8H,1-2H3. The van der Waals surface area contributed by atoms with Gasteiger partial charge in [-0.2, -0.15) is 0 Å². The van der Waals surface area contributed by atoms with Gasteiger partial charge in [0, 0.05) is 18.7 Å². The van der Waals surface area contributed by atoms with E-state index in [0.717, 1.165) is 27.4 Å².